The predicted octanol–water partition coefficient (Wildman–Crippen LogP) is 1.74. The fourth-order valence-corrected chi connectivity index (χ4v) is 2.84. The van der Waals surface area contributed by atoms with Crippen LogP contribution in [0.4, 0.5) is 0 Å². The summed E-state index contributed by atoms with van der Waals surface area (Å²) < 4.78 is 5.53. The highest BCUT2D eigenvalue weighted by Crippen LogP contribution is 2.25. The normalized spacial score (nSPS) is 15.3. The Kier molecular flexibility index (Phi) is 9.00. The quantitative estimate of drug-likeness (QED) is 0.627. The van der Waals surface area contributed by atoms with Crippen molar-refractivity contribution in [1.29, 1.82) is 0 Å². The van der Waals surface area contributed by atoms with Crippen molar-refractivity contribution in [3.05, 3.63) is 59.9 Å². The molecule has 3 rings (SSSR count). The van der Waals surface area contributed by atoms with E-state index in [2.05, 4.69) is 27.3 Å². The zero-order valence-corrected chi connectivity index (χ0v) is 18.9. The standard InChI is InChI=1S/C13H21BO3.C10H15N3/c1-10-6-8-11(9-7-10)14(16)17-13(4,5)12(2,3)15;1-3-11-4-2-10(1)9-13-7-5-12-6-8-13/h6-9,15-16H,1-5H3;1-4,12H,5-9H2. The van der Waals surface area contributed by atoms with Gasteiger partial charge in [0.25, 0.3) is 0 Å². The fraction of sp³-hybridized carbons (Fsp3) is 0.522. The third-order valence-corrected chi connectivity index (χ3v) is 5.61. The average Bonchev–Trinajstić information content (AvgIpc) is 2.69. The van der Waals surface area contributed by atoms with Crippen molar-refractivity contribution < 1.29 is 14.8 Å². The Morgan fingerprint density at radius 2 is 1.60 bits per heavy atom. The largest absolute Gasteiger partial charge is 0.491 e. The van der Waals surface area contributed by atoms with Gasteiger partial charge in [0.2, 0.25) is 0 Å². The topological polar surface area (TPSA) is 77.8 Å². The Morgan fingerprint density at radius 3 is 2.13 bits per heavy atom. The molecule has 0 saturated carbocycles. The molecule has 1 aliphatic heterocycles. The molecule has 0 bridgehead atoms. The molecule has 0 atom stereocenters. The molecule has 7 heteroatoms. The van der Waals surface area contributed by atoms with E-state index in [-0.39, 0.29) is 0 Å². The number of aryl methyl sites for hydroxylation is 1. The molecule has 1 saturated heterocycles. The number of aliphatic hydroxyl groups is 1. The summed E-state index contributed by atoms with van der Waals surface area (Å²) in [6.45, 7) is 14.4. The second-order valence-electron chi connectivity index (χ2n) is 8.83. The zero-order valence-electron chi connectivity index (χ0n) is 18.9. The highest BCUT2D eigenvalue weighted by Gasteiger charge is 2.39. The molecule has 1 aromatic carbocycles. The van der Waals surface area contributed by atoms with Crippen LogP contribution in [-0.4, -0.2) is 64.5 Å². The Labute approximate surface area is 181 Å². The van der Waals surface area contributed by atoms with Gasteiger partial charge in [-0.3, -0.25) is 9.88 Å². The summed E-state index contributed by atoms with van der Waals surface area (Å²) >= 11 is 0. The first-order valence-electron chi connectivity index (χ1n) is 10.6. The Morgan fingerprint density at radius 1 is 1.03 bits per heavy atom. The Hall–Kier alpha value is -1.77. The lowest BCUT2D eigenvalue weighted by Gasteiger charge is -2.38. The lowest BCUT2D eigenvalue weighted by atomic mass is 9.76. The van der Waals surface area contributed by atoms with E-state index >= 15 is 0 Å². The molecule has 3 N–H and O–H groups in total. The minimum absolute atomic E-state index is 0.688. The minimum atomic E-state index is -1.03. The van der Waals surface area contributed by atoms with Crippen molar-refractivity contribution >= 4 is 12.6 Å². The van der Waals surface area contributed by atoms with Gasteiger partial charge in [0.05, 0.1) is 11.2 Å². The highest BCUT2D eigenvalue weighted by molar-refractivity contribution is 6.60. The minimum Gasteiger partial charge on any atom is -0.423 e. The van der Waals surface area contributed by atoms with Crippen LogP contribution in [0.2, 0.25) is 0 Å². The van der Waals surface area contributed by atoms with Gasteiger partial charge in [-0.05, 0) is 57.8 Å². The summed E-state index contributed by atoms with van der Waals surface area (Å²) in [4.78, 5) is 6.47. The third-order valence-electron chi connectivity index (χ3n) is 5.61. The molecule has 0 spiro atoms. The second kappa shape index (κ2) is 11.0. The molecular weight excluding hydrogens is 377 g/mol. The molecule has 2 heterocycles. The van der Waals surface area contributed by atoms with Crippen molar-refractivity contribution in [2.24, 2.45) is 0 Å². The van der Waals surface area contributed by atoms with E-state index in [9.17, 15) is 10.1 Å². The van der Waals surface area contributed by atoms with Gasteiger partial charge in [-0.25, -0.2) is 0 Å². The molecular formula is C23H36BN3O3. The van der Waals surface area contributed by atoms with Crippen molar-refractivity contribution in [2.45, 2.75) is 52.4 Å². The molecule has 1 fully saturated rings. The first-order valence-corrected chi connectivity index (χ1v) is 10.6. The number of nitrogens with one attached hydrogen (secondary N) is 1. The van der Waals surface area contributed by atoms with Gasteiger partial charge in [-0.15, -0.1) is 0 Å². The monoisotopic (exact) mass is 413 g/mol. The van der Waals surface area contributed by atoms with E-state index in [4.69, 9.17) is 4.65 Å². The average molecular weight is 413 g/mol. The molecule has 0 aliphatic carbocycles. The molecule has 1 aliphatic rings. The number of piperazine rings is 1. The van der Waals surface area contributed by atoms with Gasteiger partial charge in [-0.1, -0.05) is 29.8 Å². The lowest BCUT2D eigenvalue weighted by molar-refractivity contribution is -0.0982. The van der Waals surface area contributed by atoms with Crippen LogP contribution in [0.5, 0.6) is 0 Å². The number of hydrogen-bond donors (Lipinski definition) is 3. The summed E-state index contributed by atoms with van der Waals surface area (Å²) in [5, 5.41) is 23.3. The van der Waals surface area contributed by atoms with Crippen LogP contribution in [0.1, 0.15) is 38.8 Å². The highest BCUT2D eigenvalue weighted by atomic mass is 16.5. The van der Waals surface area contributed by atoms with Crippen LogP contribution < -0.4 is 10.8 Å². The number of nitrogens with zero attached hydrogens (tertiary/aromatic N) is 2. The van der Waals surface area contributed by atoms with Crippen molar-refractivity contribution in [3.63, 3.8) is 0 Å². The summed E-state index contributed by atoms with van der Waals surface area (Å²) in [6, 6.07) is 11.6. The second-order valence-corrected chi connectivity index (χ2v) is 8.83. The van der Waals surface area contributed by atoms with Crippen molar-refractivity contribution in [2.75, 3.05) is 26.2 Å². The van der Waals surface area contributed by atoms with Gasteiger partial charge in [0.15, 0.2) is 0 Å². The third kappa shape index (κ3) is 7.82. The van der Waals surface area contributed by atoms with E-state index in [0.29, 0.717) is 5.46 Å². The maximum absolute atomic E-state index is 9.98. The first-order chi connectivity index (χ1) is 14.1. The van der Waals surface area contributed by atoms with E-state index in [1.165, 1.54) is 5.56 Å². The first kappa shape index (κ1) is 24.5. The SMILES string of the molecule is Cc1ccc(B(O)OC(C)(C)C(C)(C)O)cc1.c1cc(CN2CCNCC2)ccn1. The van der Waals surface area contributed by atoms with Crippen LogP contribution >= 0.6 is 0 Å². The van der Waals surface area contributed by atoms with Crippen LogP contribution in [0.25, 0.3) is 0 Å². The van der Waals surface area contributed by atoms with Crippen molar-refractivity contribution in [3.8, 4) is 0 Å². The Balaban J connectivity index is 0.000000220. The molecule has 6 nitrogen and oxygen atoms in total. The van der Waals surface area contributed by atoms with Crippen LogP contribution in [-0.2, 0) is 11.2 Å². The summed E-state index contributed by atoms with van der Waals surface area (Å²) in [5.41, 5.74) is 1.31. The van der Waals surface area contributed by atoms with E-state index in [1.54, 1.807) is 27.7 Å². The van der Waals surface area contributed by atoms with Gasteiger partial charge in [0.1, 0.15) is 0 Å². The molecule has 1 aromatic heterocycles. The zero-order chi connectivity index (χ0) is 22.2. The lowest BCUT2D eigenvalue weighted by Crippen LogP contribution is -2.53. The molecule has 0 amide bonds. The summed E-state index contributed by atoms with van der Waals surface area (Å²) in [7, 11) is -1.03. The summed E-state index contributed by atoms with van der Waals surface area (Å²) in [6.07, 6.45) is 3.72. The van der Waals surface area contributed by atoms with Crippen LogP contribution in [0, 0.1) is 6.92 Å². The van der Waals surface area contributed by atoms with E-state index < -0.39 is 18.3 Å². The molecule has 164 valence electrons. The number of aromatic nitrogens is 1. The molecule has 0 unspecified atom stereocenters. The Bertz CT molecular complexity index is 743. The fourth-order valence-electron chi connectivity index (χ4n) is 2.84. The number of benzene rings is 1. The predicted molar refractivity (Wildman–Crippen MR) is 123 cm³/mol. The number of rotatable bonds is 6. The van der Waals surface area contributed by atoms with E-state index in [0.717, 1.165) is 38.3 Å². The molecule has 2 aromatic rings. The van der Waals surface area contributed by atoms with Crippen molar-refractivity contribution in [1.82, 2.24) is 15.2 Å². The van der Waals surface area contributed by atoms with E-state index in [1.807, 2.05) is 43.6 Å². The van der Waals surface area contributed by atoms with Crippen LogP contribution in [0.15, 0.2) is 48.8 Å². The van der Waals surface area contributed by atoms with Gasteiger partial charge < -0.3 is 20.1 Å². The number of pyridine rings is 1. The van der Waals surface area contributed by atoms with Gasteiger partial charge >= 0.3 is 7.12 Å². The summed E-state index contributed by atoms with van der Waals surface area (Å²) in [5.74, 6) is 0. The molecule has 30 heavy (non-hydrogen) atoms. The van der Waals surface area contributed by atoms with Gasteiger partial charge in [0, 0.05) is 45.1 Å². The maximum Gasteiger partial charge on any atom is 0.491 e. The molecule has 0 radical (unpaired) electrons. The number of hydrogen-bond acceptors (Lipinski definition) is 6. The van der Waals surface area contributed by atoms with Crippen LogP contribution in [0.3, 0.4) is 0 Å². The smallest absolute Gasteiger partial charge is 0.423 e. The maximum atomic E-state index is 9.98. The van der Waals surface area contributed by atoms with Gasteiger partial charge in [-0.2, -0.15) is 0 Å².